The molecular formula is C13H13NO6S. The van der Waals surface area contributed by atoms with E-state index in [-0.39, 0.29) is 6.42 Å². The van der Waals surface area contributed by atoms with Gasteiger partial charge in [-0.2, -0.15) is 0 Å². The Bertz CT molecular complexity index is 629. The first-order chi connectivity index (χ1) is 9.90. The molecule has 1 aromatic carbocycles. The molecule has 0 spiro atoms. The number of nitrogens with two attached hydrogens (primary N) is 1. The van der Waals surface area contributed by atoms with Crippen LogP contribution < -0.4 is 5.73 Å². The molecule has 112 valence electrons. The van der Waals surface area contributed by atoms with E-state index < -0.39 is 46.5 Å². The number of aliphatic carboxylic acids is 1. The van der Waals surface area contributed by atoms with Crippen molar-refractivity contribution in [2.75, 3.05) is 0 Å². The highest BCUT2D eigenvalue weighted by molar-refractivity contribution is 7.81. The second kappa shape index (κ2) is 6.15. The van der Waals surface area contributed by atoms with E-state index in [4.69, 9.17) is 10.8 Å². The Labute approximate surface area is 122 Å². The minimum Gasteiger partial charge on any atom is -0.481 e. The van der Waals surface area contributed by atoms with Crippen LogP contribution in [0.3, 0.4) is 0 Å². The summed E-state index contributed by atoms with van der Waals surface area (Å²) >= 11 is -2.31. The Morgan fingerprint density at radius 2 is 2.05 bits per heavy atom. The number of benzene rings is 1. The van der Waals surface area contributed by atoms with Gasteiger partial charge in [-0.25, -0.2) is 9.00 Å². The Morgan fingerprint density at radius 3 is 2.71 bits per heavy atom. The molecule has 3 unspecified atom stereocenters. The summed E-state index contributed by atoms with van der Waals surface area (Å²) in [4.78, 5) is 34.3. The molecule has 1 aliphatic rings. The van der Waals surface area contributed by atoms with Gasteiger partial charge in [0.25, 0.3) is 0 Å². The normalized spacial score (nSPS) is 25.2. The van der Waals surface area contributed by atoms with Crippen molar-refractivity contribution < 1.29 is 27.9 Å². The highest BCUT2D eigenvalue weighted by Gasteiger charge is 2.36. The number of carbonyl (C=O) groups excluding carboxylic acids is 2. The number of hydrogen-bond donors (Lipinski definition) is 2. The summed E-state index contributed by atoms with van der Waals surface area (Å²) in [7, 11) is 0. The van der Waals surface area contributed by atoms with Crippen molar-refractivity contribution in [1.82, 2.24) is 0 Å². The van der Waals surface area contributed by atoms with Gasteiger partial charge in [0.2, 0.25) is 11.1 Å². The van der Waals surface area contributed by atoms with Gasteiger partial charge in [0.1, 0.15) is 12.5 Å². The highest BCUT2D eigenvalue weighted by Crippen LogP contribution is 2.29. The lowest BCUT2D eigenvalue weighted by atomic mass is 9.96. The van der Waals surface area contributed by atoms with Crippen molar-refractivity contribution in [1.29, 1.82) is 0 Å². The molecule has 21 heavy (non-hydrogen) atoms. The number of ketones is 1. The van der Waals surface area contributed by atoms with Crippen LogP contribution in [0.4, 0.5) is 0 Å². The average Bonchev–Trinajstić information content (AvgIpc) is 2.38. The fraction of sp³-hybridized carbons (Fsp3) is 0.308. The van der Waals surface area contributed by atoms with Crippen LogP contribution in [0.15, 0.2) is 24.3 Å². The van der Waals surface area contributed by atoms with E-state index in [9.17, 15) is 18.6 Å². The molecule has 7 nitrogen and oxygen atoms in total. The van der Waals surface area contributed by atoms with Crippen LogP contribution in [0.2, 0.25) is 0 Å². The fourth-order valence-corrected chi connectivity index (χ4v) is 3.23. The summed E-state index contributed by atoms with van der Waals surface area (Å²) < 4.78 is 16.8. The number of carboxylic acids is 1. The van der Waals surface area contributed by atoms with Gasteiger partial charge in [-0.1, -0.05) is 24.3 Å². The molecule has 3 atom stereocenters. The fourth-order valence-electron chi connectivity index (χ4n) is 2.11. The Balaban J connectivity index is 2.49. The molecule has 8 heteroatoms. The molecule has 0 fully saturated rings. The van der Waals surface area contributed by atoms with Crippen LogP contribution in [0.1, 0.15) is 22.8 Å². The topological polar surface area (TPSA) is 124 Å². The second-order valence-electron chi connectivity index (χ2n) is 4.59. The van der Waals surface area contributed by atoms with E-state index in [0.717, 1.165) is 0 Å². The number of fused-ring (bicyclic) bond motifs is 1. The molecule has 0 saturated heterocycles. The maximum absolute atomic E-state index is 12.1. The van der Waals surface area contributed by atoms with Crippen molar-refractivity contribution in [2.45, 2.75) is 24.1 Å². The lowest BCUT2D eigenvalue weighted by molar-refractivity contribution is -0.140. The summed E-state index contributed by atoms with van der Waals surface area (Å²) in [5.41, 5.74) is 6.60. The van der Waals surface area contributed by atoms with Gasteiger partial charge in [-0.05, 0) is 17.5 Å². The third-order valence-electron chi connectivity index (χ3n) is 3.05. The van der Waals surface area contributed by atoms with Crippen LogP contribution >= 0.6 is 0 Å². The number of carbonyl (C=O) groups is 3. The Kier molecular flexibility index (Phi) is 4.49. The van der Waals surface area contributed by atoms with Crippen LogP contribution in [0, 0.1) is 0 Å². The molecular weight excluding hydrogens is 298 g/mol. The van der Waals surface area contributed by atoms with Crippen LogP contribution in [0.25, 0.3) is 0 Å². The SMILES string of the molecule is NC1Cc2ccccc2C(C(=O)CC(=O)O)S(=O)OC1=O. The van der Waals surface area contributed by atoms with E-state index >= 15 is 0 Å². The maximum Gasteiger partial charge on any atom is 0.337 e. The smallest absolute Gasteiger partial charge is 0.337 e. The zero-order valence-corrected chi connectivity index (χ0v) is 11.7. The van der Waals surface area contributed by atoms with E-state index in [1.165, 1.54) is 0 Å². The quantitative estimate of drug-likeness (QED) is 0.745. The molecule has 1 aromatic rings. The number of rotatable bonds is 3. The molecule has 0 aliphatic carbocycles. The summed E-state index contributed by atoms with van der Waals surface area (Å²) in [6.45, 7) is 0. The lowest BCUT2D eigenvalue weighted by Crippen LogP contribution is -2.38. The third-order valence-corrected chi connectivity index (χ3v) is 4.29. The molecule has 1 heterocycles. The first kappa shape index (κ1) is 15.3. The predicted molar refractivity (Wildman–Crippen MR) is 72.4 cm³/mol. The standard InChI is InChI=1S/C13H13NO6S/c14-9-5-7-3-1-2-4-8(7)12(10(15)6-11(16)17)21(19)20-13(9)18/h1-4,9,12H,5-6,14H2,(H,16,17). The van der Waals surface area contributed by atoms with Gasteiger partial charge in [-0.15, -0.1) is 0 Å². The van der Waals surface area contributed by atoms with Crippen molar-refractivity contribution in [3.63, 3.8) is 0 Å². The largest absolute Gasteiger partial charge is 0.481 e. The first-order valence-electron chi connectivity index (χ1n) is 6.10. The van der Waals surface area contributed by atoms with Gasteiger partial charge in [0, 0.05) is 0 Å². The molecule has 0 bridgehead atoms. The molecule has 0 radical (unpaired) electrons. The van der Waals surface area contributed by atoms with E-state index in [2.05, 4.69) is 4.18 Å². The molecule has 1 aliphatic heterocycles. The number of Topliss-reactive ketones (excluding diaryl/α,β-unsaturated/α-hetero) is 1. The van der Waals surface area contributed by atoms with Gasteiger partial charge < -0.3 is 15.0 Å². The predicted octanol–water partition coefficient (Wildman–Crippen LogP) is -0.138. The zero-order valence-electron chi connectivity index (χ0n) is 10.9. The van der Waals surface area contributed by atoms with Gasteiger partial charge in [-0.3, -0.25) is 9.59 Å². The molecule has 0 amide bonds. The third kappa shape index (κ3) is 3.34. The lowest BCUT2D eigenvalue weighted by Gasteiger charge is -2.23. The van der Waals surface area contributed by atoms with E-state index in [0.29, 0.717) is 11.1 Å². The van der Waals surface area contributed by atoms with E-state index in [1.807, 2.05) is 0 Å². The number of carboxylic acid groups (broad SMARTS) is 1. The van der Waals surface area contributed by atoms with Gasteiger partial charge in [0.15, 0.2) is 11.0 Å². The van der Waals surface area contributed by atoms with Crippen molar-refractivity contribution in [3.8, 4) is 0 Å². The van der Waals surface area contributed by atoms with Crippen molar-refractivity contribution in [3.05, 3.63) is 35.4 Å². The highest BCUT2D eigenvalue weighted by atomic mass is 32.2. The van der Waals surface area contributed by atoms with Crippen molar-refractivity contribution >= 4 is 28.8 Å². The summed E-state index contributed by atoms with van der Waals surface area (Å²) in [6, 6.07) is 5.56. The Morgan fingerprint density at radius 1 is 1.38 bits per heavy atom. The van der Waals surface area contributed by atoms with Crippen LogP contribution in [0.5, 0.6) is 0 Å². The summed E-state index contributed by atoms with van der Waals surface area (Å²) in [6.07, 6.45) is -0.669. The second-order valence-corrected chi connectivity index (χ2v) is 5.75. The Hall–Kier alpha value is -2.06. The molecule has 0 aromatic heterocycles. The molecule has 2 rings (SSSR count). The zero-order chi connectivity index (χ0) is 15.6. The van der Waals surface area contributed by atoms with Crippen molar-refractivity contribution in [2.24, 2.45) is 5.73 Å². The first-order valence-corrected chi connectivity index (χ1v) is 7.24. The van der Waals surface area contributed by atoms with Gasteiger partial charge >= 0.3 is 11.9 Å². The minimum absolute atomic E-state index is 0.128. The average molecular weight is 311 g/mol. The van der Waals surface area contributed by atoms with Crippen LogP contribution in [-0.4, -0.2) is 33.1 Å². The minimum atomic E-state index is -2.31. The maximum atomic E-state index is 12.1. The summed E-state index contributed by atoms with van der Waals surface area (Å²) in [5.74, 6) is -2.99. The van der Waals surface area contributed by atoms with E-state index in [1.54, 1.807) is 24.3 Å². The molecule has 3 N–H and O–H groups in total. The van der Waals surface area contributed by atoms with Crippen LogP contribution in [-0.2, 0) is 36.1 Å². The monoisotopic (exact) mass is 311 g/mol. The number of hydrogen-bond acceptors (Lipinski definition) is 6. The molecule has 0 saturated carbocycles. The van der Waals surface area contributed by atoms with Gasteiger partial charge in [0.05, 0.1) is 0 Å². The summed E-state index contributed by atoms with van der Waals surface area (Å²) in [5, 5.41) is 7.41.